The van der Waals surface area contributed by atoms with E-state index in [1.165, 1.54) is 31.4 Å². The van der Waals surface area contributed by atoms with Crippen LogP contribution in [0.2, 0.25) is 5.02 Å². The summed E-state index contributed by atoms with van der Waals surface area (Å²) in [6.07, 6.45) is 3.63. The molecular weight excluding hydrogens is 262 g/mol. The van der Waals surface area contributed by atoms with E-state index in [0.717, 1.165) is 0 Å². The molecule has 1 saturated carbocycles. The summed E-state index contributed by atoms with van der Waals surface area (Å²) in [5, 5.41) is 5.28. The number of sulfonamides is 1. The van der Waals surface area contributed by atoms with E-state index < -0.39 is 10.0 Å². The molecular formula is C11H14ClNO3S. The summed E-state index contributed by atoms with van der Waals surface area (Å²) in [6, 6.07) is 4.26. The van der Waals surface area contributed by atoms with Gasteiger partial charge in [0, 0.05) is 0 Å². The molecule has 0 radical (unpaired) electrons. The number of primary sulfonamides is 1. The Balaban J connectivity index is 2.08. The number of rotatable bonds is 4. The Morgan fingerprint density at radius 2 is 2.12 bits per heavy atom. The van der Waals surface area contributed by atoms with Gasteiger partial charge < -0.3 is 4.74 Å². The number of hydrogen-bond donors (Lipinski definition) is 1. The van der Waals surface area contributed by atoms with Crippen molar-refractivity contribution < 1.29 is 13.2 Å². The minimum absolute atomic E-state index is 0.00139. The van der Waals surface area contributed by atoms with Crippen molar-refractivity contribution in [3.8, 4) is 5.75 Å². The van der Waals surface area contributed by atoms with E-state index in [2.05, 4.69) is 0 Å². The number of ether oxygens (including phenoxy) is 1. The topological polar surface area (TPSA) is 69.4 Å². The largest absolute Gasteiger partial charge is 0.492 e. The van der Waals surface area contributed by atoms with Crippen LogP contribution in [0.25, 0.3) is 0 Å². The fourth-order valence-electron chi connectivity index (χ4n) is 1.64. The third-order valence-electron chi connectivity index (χ3n) is 2.93. The predicted octanol–water partition coefficient (Wildman–Crippen LogP) is 2.17. The highest BCUT2D eigenvalue weighted by molar-refractivity contribution is 7.89. The lowest BCUT2D eigenvalue weighted by Gasteiger charge is -2.25. The highest BCUT2D eigenvalue weighted by Gasteiger charge is 2.19. The van der Waals surface area contributed by atoms with Crippen LogP contribution in [-0.4, -0.2) is 15.0 Å². The van der Waals surface area contributed by atoms with Gasteiger partial charge in [-0.25, -0.2) is 13.6 Å². The molecule has 2 rings (SSSR count). The van der Waals surface area contributed by atoms with Crippen molar-refractivity contribution in [1.29, 1.82) is 0 Å². The first kappa shape index (κ1) is 12.7. The van der Waals surface area contributed by atoms with Crippen LogP contribution in [-0.2, 0) is 10.0 Å². The van der Waals surface area contributed by atoms with E-state index in [1.54, 1.807) is 6.07 Å². The minimum atomic E-state index is -3.71. The molecule has 2 N–H and O–H groups in total. The molecule has 94 valence electrons. The van der Waals surface area contributed by atoms with Gasteiger partial charge in [-0.3, -0.25) is 0 Å². The number of nitrogens with two attached hydrogens (primary N) is 1. The normalized spacial score (nSPS) is 16.6. The summed E-state index contributed by atoms with van der Waals surface area (Å²) in [6.45, 7) is 0.633. The van der Waals surface area contributed by atoms with Crippen LogP contribution < -0.4 is 9.88 Å². The Morgan fingerprint density at radius 3 is 2.59 bits per heavy atom. The Bertz CT molecular complexity index is 511. The van der Waals surface area contributed by atoms with Crippen LogP contribution in [0.15, 0.2) is 23.1 Å². The molecule has 1 fully saturated rings. The summed E-state index contributed by atoms with van der Waals surface area (Å²) in [7, 11) is -3.71. The summed E-state index contributed by atoms with van der Waals surface area (Å²) >= 11 is 5.94. The van der Waals surface area contributed by atoms with Crippen molar-refractivity contribution in [3.63, 3.8) is 0 Å². The first-order chi connectivity index (χ1) is 7.97. The van der Waals surface area contributed by atoms with Gasteiger partial charge in [0.2, 0.25) is 10.0 Å². The fourth-order valence-corrected chi connectivity index (χ4v) is 2.48. The van der Waals surface area contributed by atoms with Gasteiger partial charge in [-0.05, 0) is 37.0 Å². The number of benzene rings is 1. The predicted molar refractivity (Wildman–Crippen MR) is 65.7 cm³/mol. The van der Waals surface area contributed by atoms with E-state index in [9.17, 15) is 8.42 Å². The molecule has 0 saturated heterocycles. The fraction of sp³-hybridized carbons (Fsp3) is 0.455. The van der Waals surface area contributed by atoms with E-state index in [0.29, 0.717) is 18.3 Å². The van der Waals surface area contributed by atoms with Gasteiger partial charge in [0.15, 0.2) is 0 Å². The maximum absolute atomic E-state index is 11.1. The Hall–Kier alpha value is -0.780. The SMILES string of the molecule is NS(=O)(=O)c1ccc(OCC2CCC2)c(Cl)c1. The van der Waals surface area contributed by atoms with Gasteiger partial charge in [0.25, 0.3) is 0 Å². The Morgan fingerprint density at radius 1 is 1.41 bits per heavy atom. The van der Waals surface area contributed by atoms with Crippen molar-refractivity contribution in [3.05, 3.63) is 23.2 Å². The third kappa shape index (κ3) is 3.12. The van der Waals surface area contributed by atoms with Crippen LogP contribution in [0, 0.1) is 5.92 Å². The van der Waals surface area contributed by atoms with Gasteiger partial charge in [-0.15, -0.1) is 0 Å². The molecule has 0 aromatic heterocycles. The monoisotopic (exact) mass is 275 g/mol. The average molecular weight is 276 g/mol. The second kappa shape index (κ2) is 4.84. The lowest BCUT2D eigenvalue weighted by atomic mass is 9.86. The lowest BCUT2D eigenvalue weighted by molar-refractivity contribution is 0.180. The first-order valence-corrected chi connectivity index (χ1v) is 7.34. The van der Waals surface area contributed by atoms with Gasteiger partial charge in [-0.2, -0.15) is 0 Å². The molecule has 0 bridgehead atoms. The highest BCUT2D eigenvalue weighted by atomic mass is 35.5. The second-order valence-electron chi connectivity index (χ2n) is 4.25. The minimum Gasteiger partial charge on any atom is -0.492 e. The van der Waals surface area contributed by atoms with Crippen LogP contribution in [0.5, 0.6) is 5.75 Å². The van der Waals surface area contributed by atoms with Gasteiger partial charge in [-0.1, -0.05) is 18.0 Å². The maximum Gasteiger partial charge on any atom is 0.238 e. The molecule has 4 nitrogen and oxygen atoms in total. The molecule has 1 aromatic rings. The second-order valence-corrected chi connectivity index (χ2v) is 6.21. The zero-order valence-corrected chi connectivity index (χ0v) is 10.8. The Kier molecular flexibility index (Phi) is 3.61. The van der Waals surface area contributed by atoms with Crippen LogP contribution in [0.4, 0.5) is 0 Å². The van der Waals surface area contributed by atoms with Crippen molar-refractivity contribution >= 4 is 21.6 Å². The van der Waals surface area contributed by atoms with E-state index in [4.69, 9.17) is 21.5 Å². The van der Waals surface area contributed by atoms with Crippen LogP contribution in [0.1, 0.15) is 19.3 Å². The zero-order chi connectivity index (χ0) is 12.5. The molecule has 0 aliphatic heterocycles. The van der Waals surface area contributed by atoms with Gasteiger partial charge in [0.05, 0.1) is 16.5 Å². The average Bonchev–Trinajstić information content (AvgIpc) is 2.16. The van der Waals surface area contributed by atoms with Gasteiger partial charge in [0.1, 0.15) is 5.75 Å². The van der Waals surface area contributed by atoms with E-state index >= 15 is 0 Å². The molecule has 1 aromatic carbocycles. The Labute approximate surface area is 106 Å². The molecule has 0 spiro atoms. The van der Waals surface area contributed by atoms with Gasteiger partial charge >= 0.3 is 0 Å². The molecule has 0 amide bonds. The lowest BCUT2D eigenvalue weighted by Crippen LogP contribution is -2.19. The standard InChI is InChI=1S/C11H14ClNO3S/c12-10-6-9(17(13,14)15)4-5-11(10)16-7-8-2-1-3-8/h4-6,8H,1-3,7H2,(H2,13,14,15). The summed E-state index contributed by atoms with van der Waals surface area (Å²) in [5.74, 6) is 1.11. The van der Waals surface area contributed by atoms with Crippen LogP contribution in [0.3, 0.4) is 0 Å². The quantitative estimate of drug-likeness (QED) is 0.915. The number of hydrogen-bond acceptors (Lipinski definition) is 3. The molecule has 0 unspecified atom stereocenters. The molecule has 17 heavy (non-hydrogen) atoms. The third-order valence-corrected chi connectivity index (χ3v) is 4.14. The van der Waals surface area contributed by atoms with Crippen LogP contribution >= 0.6 is 11.6 Å². The maximum atomic E-state index is 11.1. The molecule has 1 aliphatic carbocycles. The first-order valence-electron chi connectivity index (χ1n) is 5.42. The number of halogens is 1. The molecule has 0 atom stereocenters. The summed E-state index contributed by atoms with van der Waals surface area (Å²) in [4.78, 5) is -0.00139. The molecule has 6 heteroatoms. The summed E-state index contributed by atoms with van der Waals surface area (Å²) < 4.78 is 27.7. The smallest absolute Gasteiger partial charge is 0.238 e. The highest BCUT2D eigenvalue weighted by Crippen LogP contribution is 2.30. The molecule has 1 aliphatic rings. The van der Waals surface area contributed by atoms with Crippen molar-refractivity contribution in [1.82, 2.24) is 0 Å². The van der Waals surface area contributed by atoms with Crippen molar-refractivity contribution in [2.75, 3.05) is 6.61 Å². The zero-order valence-electron chi connectivity index (χ0n) is 9.23. The van der Waals surface area contributed by atoms with E-state index in [-0.39, 0.29) is 9.92 Å². The molecule has 0 heterocycles. The van der Waals surface area contributed by atoms with Crippen molar-refractivity contribution in [2.24, 2.45) is 11.1 Å². The summed E-state index contributed by atoms with van der Waals surface area (Å²) in [5.41, 5.74) is 0. The van der Waals surface area contributed by atoms with Crippen molar-refractivity contribution in [2.45, 2.75) is 24.2 Å². The van der Waals surface area contributed by atoms with E-state index in [1.807, 2.05) is 0 Å².